The number of carboxylic acids is 1. The van der Waals surface area contributed by atoms with E-state index in [9.17, 15) is 23.1 Å². The Kier molecular flexibility index (Phi) is 8.96. The highest BCUT2D eigenvalue weighted by Crippen LogP contribution is 2.40. The van der Waals surface area contributed by atoms with Crippen molar-refractivity contribution in [3.63, 3.8) is 0 Å². The van der Waals surface area contributed by atoms with Crippen molar-refractivity contribution in [2.45, 2.75) is 57.9 Å². The quantitative estimate of drug-likeness (QED) is 0.422. The van der Waals surface area contributed by atoms with Crippen LogP contribution < -0.4 is 19.6 Å². The molecule has 0 bridgehead atoms. The van der Waals surface area contributed by atoms with Gasteiger partial charge >= 0.3 is 5.97 Å². The fraction of sp³-hybridized carbons (Fsp3) is 0.520. The molecule has 192 valence electrons. The monoisotopic (exact) mass is 506 g/mol. The molecule has 1 aliphatic rings. The van der Waals surface area contributed by atoms with Gasteiger partial charge in [0.05, 0.1) is 25.7 Å². The number of ether oxygens (including phenoxy) is 2. The van der Waals surface area contributed by atoms with Gasteiger partial charge in [0.25, 0.3) is 0 Å². The fourth-order valence-electron chi connectivity index (χ4n) is 4.49. The number of unbranched alkanes of at least 4 members (excludes halogenated alkanes) is 3. The number of carbonyl (C=O) groups is 1. The molecule has 3 rings (SSSR count). The first kappa shape index (κ1) is 26.7. The molecule has 1 aliphatic heterocycles. The van der Waals surface area contributed by atoms with Gasteiger partial charge in [-0.25, -0.2) is 17.9 Å². The highest BCUT2D eigenvalue weighted by Gasteiger charge is 2.28. The highest BCUT2D eigenvalue weighted by molar-refractivity contribution is 7.88. The molecular weight excluding hydrogens is 472 g/mol. The number of aryl methyl sites for hydroxylation is 1. The molecule has 1 aromatic heterocycles. The van der Waals surface area contributed by atoms with E-state index in [1.54, 1.807) is 0 Å². The minimum absolute atomic E-state index is 0.0338. The van der Waals surface area contributed by atoms with Crippen LogP contribution in [0.1, 0.15) is 67.4 Å². The van der Waals surface area contributed by atoms with Crippen LogP contribution in [0.5, 0.6) is 11.5 Å². The number of rotatable bonds is 12. The van der Waals surface area contributed by atoms with Crippen LogP contribution in [0.4, 0.5) is 0 Å². The molecule has 0 saturated heterocycles. The van der Waals surface area contributed by atoms with Crippen LogP contribution in [-0.2, 0) is 16.4 Å². The number of hydrogen-bond acceptors (Lipinski definition) is 6. The van der Waals surface area contributed by atoms with Crippen LogP contribution in [0.25, 0.3) is 11.3 Å². The molecule has 0 spiro atoms. The van der Waals surface area contributed by atoms with Crippen LogP contribution in [0.3, 0.4) is 0 Å². The summed E-state index contributed by atoms with van der Waals surface area (Å²) in [5.41, 5.74) is 1.56. The largest absolute Gasteiger partial charge is 0.494 e. The number of aromatic nitrogens is 1. The molecule has 0 aliphatic carbocycles. The molecule has 10 heteroatoms. The van der Waals surface area contributed by atoms with Crippen LogP contribution in [-0.4, -0.2) is 50.6 Å². The topological polar surface area (TPSA) is 124 Å². The number of methoxy groups -OCH3 is 1. The van der Waals surface area contributed by atoms with Crippen molar-refractivity contribution in [2.75, 3.05) is 26.5 Å². The van der Waals surface area contributed by atoms with Gasteiger partial charge in [0.2, 0.25) is 15.5 Å². The number of hydrogen-bond donors (Lipinski definition) is 2. The van der Waals surface area contributed by atoms with Gasteiger partial charge < -0.3 is 19.1 Å². The standard InChI is InChI=1S/C25H34N2O7S/c1-4-18-10-9-17-15-19(34-14-8-6-5-7-13-26-35(3,31)32)11-12-20(17)22-24(33-2)23(28)21(25(29)30)16-27(18)22/h11-12,15-16,18,26H,4-10,13-14H2,1-3H3,(H,29,30). The van der Waals surface area contributed by atoms with Crippen molar-refractivity contribution in [2.24, 2.45) is 0 Å². The normalized spacial score (nSPS) is 15.1. The summed E-state index contributed by atoms with van der Waals surface area (Å²) in [4.78, 5) is 24.5. The molecular formula is C25H34N2O7S. The van der Waals surface area contributed by atoms with Crippen molar-refractivity contribution >= 4 is 16.0 Å². The van der Waals surface area contributed by atoms with Gasteiger partial charge in [-0.2, -0.15) is 0 Å². The average molecular weight is 507 g/mol. The minimum atomic E-state index is -3.13. The van der Waals surface area contributed by atoms with Crippen molar-refractivity contribution in [3.05, 3.63) is 45.7 Å². The Labute approximate surface area is 206 Å². The molecule has 35 heavy (non-hydrogen) atoms. The predicted molar refractivity (Wildman–Crippen MR) is 134 cm³/mol. The number of nitrogens with zero attached hydrogens (tertiary/aromatic N) is 1. The van der Waals surface area contributed by atoms with E-state index in [1.807, 2.05) is 29.7 Å². The molecule has 2 aromatic rings. The number of aromatic carboxylic acids is 1. The van der Waals surface area contributed by atoms with Crippen LogP contribution >= 0.6 is 0 Å². The Morgan fingerprint density at radius 2 is 1.97 bits per heavy atom. The predicted octanol–water partition coefficient (Wildman–Crippen LogP) is 3.61. The summed E-state index contributed by atoms with van der Waals surface area (Å²) in [6, 6.07) is 5.79. The Morgan fingerprint density at radius 1 is 1.23 bits per heavy atom. The molecule has 0 saturated carbocycles. The van der Waals surface area contributed by atoms with Gasteiger partial charge in [-0.1, -0.05) is 19.8 Å². The van der Waals surface area contributed by atoms with E-state index in [-0.39, 0.29) is 17.4 Å². The second kappa shape index (κ2) is 11.7. The van der Waals surface area contributed by atoms with E-state index in [0.717, 1.165) is 68.1 Å². The molecule has 0 amide bonds. The zero-order chi connectivity index (χ0) is 25.6. The van der Waals surface area contributed by atoms with Crippen molar-refractivity contribution < 1.29 is 27.8 Å². The van der Waals surface area contributed by atoms with E-state index in [1.165, 1.54) is 13.3 Å². The Bertz CT molecular complexity index is 1220. The summed E-state index contributed by atoms with van der Waals surface area (Å²) in [6.45, 7) is 3.05. The molecule has 1 unspecified atom stereocenters. The first-order valence-corrected chi connectivity index (χ1v) is 13.8. The fourth-order valence-corrected chi connectivity index (χ4v) is 5.00. The summed E-state index contributed by atoms with van der Waals surface area (Å²) in [5, 5.41) is 9.53. The summed E-state index contributed by atoms with van der Waals surface area (Å²) in [5.74, 6) is -0.476. The number of nitrogens with one attached hydrogen (secondary N) is 1. The van der Waals surface area contributed by atoms with E-state index in [0.29, 0.717) is 18.8 Å². The van der Waals surface area contributed by atoms with E-state index in [4.69, 9.17) is 9.47 Å². The second-order valence-corrected chi connectivity index (χ2v) is 10.6. The molecule has 1 atom stereocenters. The van der Waals surface area contributed by atoms with Gasteiger partial charge in [0.15, 0.2) is 5.75 Å². The van der Waals surface area contributed by atoms with Crippen LogP contribution in [0.15, 0.2) is 29.2 Å². The lowest BCUT2D eigenvalue weighted by Gasteiger charge is -2.22. The number of pyridine rings is 1. The number of carboxylic acid groups (broad SMARTS) is 1. The maximum absolute atomic E-state index is 12.8. The zero-order valence-corrected chi connectivity index (χ0v) is 21.3. The molecule has 0 radical (unpaired) electrons. The number of benzene rings is 1. The molecule has 2 N–H and O–H groups in total. The maximum Gasteiger partial charge on any atom is 0.341 e. The lowest BCUT2D eigenvalue weighted by Crippen LogP contribution is -2.23. The smallest absolute Gasteiger partial charge is 0.341 e. The number of fused-ring (bicyclic) bond motifs is 3. The minimum Gasteiger partial charge on any atom is -0.494 e. The molecule has 9 nitrogen and oxygen atoms in total. The second-order valence-electron chi connectivity index (χ2n) is 8.82. The van der Waals surface area contributed by atoms with E-state index in [2.05, 4.69) is 4.72 Å². The first-order chi connectivity index (χ1) is 16.7. The van der Waals surface area contributed by atoms with Gasteiger partial charge in [0.1, 0.15) is 11.3 Å². The highest BCUT2D eigenvalue weighted by atomic mass is 32.2. The lowest BCUT2D eigenvalue weighted by atomic mass is 9.99. The van der Waals surface area contributed by atoms with Gasteiger partial charge in [-0.05, 0) is 55.9 Å². The summed E-state index contributed by atoms with van der Waals surface area (Å²) in [6.07, 6.45) is 8.45. The Balaban J connectivity index is 1.74. The summed E-state index contributed by atoms with van der Waals surface area (Å²) in [7, 11) is -1.74. The third-order valence-electron chi connectivity index (χ3n) is 6.27. The van der Waals surface area contributed by atoms with E-state index < -0.39 is 21.4 Å². The third kappa shape index (κ3) is 6.64. The SMILES string of the molecule is CCC1CCc2cc(OCCCCCCNS(C)(=O)=O)ccc2-c2c(OC)c(=O)c(C(=O)O)cn21. The van der Waals surface area contributed by atoms with Gasteiger partial charge in [-0.3, -0.25) is 4.79 Å². The third-order valence-corrected chi connectivity index (χ3v) is 7.00. The van der Waals surface area contributed by atoms with Crippen molar-refractivity contribution in [1.82, 2.24) is 9.29 Å². The van der Waals surface area contributed by atoms with Crippen molar-refractivity contribution in [1.29, 1.82) is 0 Å². The van der Waals surface area contributed by atoms with Crippen molar-refractivity contribution in [3.8, 4) is 22.8 Å². The maximum atomic E-state index is 12.8. The zero-order valence-electron chi connectivity index (χ0n) is 20.5. The number of sulfonamides is 1. The van der Waals surface area contributed by atoms with Gasteiger partial charge in [-0.15, -0.1) is 0 Å². The Hall–Kier alpha value is -2.85. The van der Waals surface area contributed by atoms with Gasteiger partial charge in [0, 0.05) is 24.3 Å². The average Bonchev–Trinajstić information content (AvgIpc) is 2.95. The summed E-state index contributed by atoms with van der Waals surface area (Å²) < 4.78 is 37.9. The molecule has 2 heterocycles. The molecule has 0 fully saturated rings. The summed E-state index contributed by atoms with van der Waals surface area (Å²) >= 11 is 0. The first-order valence-electron chi connectivity index (χ1n) is 11.9. The van der Waals surface area contributed by atoms with Crippen LogP contribution in [0.2, 0.25) is 0 Å². The molecule has 1 aromatic carbocycles. The Morgan fingerprint density at radius 3 is 2.63 bits per heavy atom. The van der Waals surface area contributed by atoms with Crippen LogP contribution in [0, 0.1) is 0 Å². The van der Waals surface area contributed by atoms with E-state index >= 15 is 0 Å². The lowest BCUT2D eigenvalue weighted by molar-refractivity contribution is 0.0693.